The molecule has 0 spiro atoms. The van der Waals surface area contributed by atoms with Crippen molar-refractivity contribution in [1.82, 2.24) is 4.98 Å². The number of esters is 2. The van der Waals surface area contributed by atoms with Crippen molar-refractivity contribution >= 4 is 45.9 Å². The Morgan fingerprint density at radius 1 is 1.37 bits per heavy atom. The molecule has 0 N–H and O–H groups in total. The molecular weight excluding hydrogens is 424 g/mol. The lowest BCUT2D eigenvalue weighted by molar-refractivity contribution is -0.402. The molecule has 2 rings (SSSR count). The van der Waals surface area contributed by atoms with Crippen molar-refractivity contribution in [2.75, 3.05) is 6.61 Å². The Balaban J connectivity index is 2.49. The number of pyridine rings is 1. The topological polar surface area (TPSA) is 122 Å². The highest BCUT2D eigenvalue weighted by atomic mass is 79.9. The van der Waals surface area contributed by atoms with E-state index in [1.54, 1.807) is 13.8 Å². The molecule has 0 aliphatic rings. The molecular formula is C17H15BrN2O7. The number of hydrogen-bond acceptors (Lipinski definition) is 8. The summed E-state index contributed by atoms with van der Waals surface area (Å²) in [4.78, 5) is 38.0. The number of carbonyl (C=O) groups is 2. The van der Waals surface area contributed by atoms with Crippen LogP contribution in [-0.4, -0.2) is 28.5 Å². The molecule has 0 bridgehead atoms. The molecule has 142 valence electrons. The van der Waals surface area contributed by atoms with Crippen LogP contribution in [0.2, 0.25) is 0 Å². The van der Waals surface area contributed by atoms with E-state index in [-0.39, 0.29) is 33.8 Å². The molecule has 0 saturated carbocycles. The molecule has 27 heavy (non-hydrogen) atoms. The molecule has 2 aromatic heterocycles. The molecule has 0 aliphatic heterocycles. The van der Waals surface area contributed by atoms with E-state index in [9.17, 15) is 19.7 Å². The van der Waals surface area contributed by atoms with Gasteiger partial charge in [-0.1, -0.05) is 0 Å². The lowest BCUT2D eigenvalue weighted by Gasteiger charge is -2.14. The summed E-state index contributed by atoms with van der Waals surface area (Å²) in [6, 6.07) is 2.65. The van der Waals surface area contributed by atoms with Crippen molar-refractivity contribution in [1.29, 1.82) is 0 Å². The summed E-state index contributed by atoms with van der Waals surface area (Å²) in [5.41, 5.74) is 0.651. The SMILES string of the molecule is CCOC(=O)c1c(C)nc(/C=C/c2ccc([N+](=O)[O-])o2)c(Br)c1OC(C)=O. The van der Waals surface area contributed by atoms with Gasteiger partial charge in [-0.2, -0.15) is 0 Å². The lowest BCUT2D eigenvalue weighted by Crippen LogP contribution is -2.14. The summed E-state index contributed by atoms with van der Waals surface area (Å²) in [6.45, 7) is 4.57. The Hall–Kier alpha value is -3.01. The maximum absolute atomic E-state index is 12.2. The second-order valence-electron chi connectivity index (χ2n) is 5.18. The van der Waals surface area contributed by atoms with Crippen molar-refractivity contribution in [3.8, 4) is 5.75 Å². The van der Waals surface area contributed by atoms with Crippen LogP contribution in [0.25, 0.3) is 12.2 Å². The number of hydrogen-bond donors (Lipinski definition) is 0. The highest BCUT2D eigenvalue weighted by Crippen LogP contribution is 2.35. The normalized spacial score (nSPS) is 10.8. The van der Waals surface area contributed by atoms with Gasteiger partial charge in [-0.15, -0.1) is 0 Å². The number of nitrogens with zero attached hydrogens (tertiary/aromatic N) is 2. The maximum Gasteiger partial charge on any atom is 0.433 e. The summed E-state index contributed by atoms with van der Waals surface area (Å²) < 4.78 is 15.5. The van der Waals surface area contributed by atoms with E-state index in [2.05, 4.69) is 20.9 Å². The van der Waals surface area contributed by atoms with Gasteiger partial charge in [0.25, 0.3) is 0 Å². The Morgan fingerprint density at radius 2 is 2.07 bits per heavy atom. The summed E-state index contributed by atoms with van der Waals surface area (Å²) >= 11 is 3.28. The summed E-state index contributed by atoms with van der Waals surface area (Å²) in [5, 5.41) is 10.7. The average Bonchev–Trinajstić information content (AvgIpc) is 3.05. The van der Waals surface area contributed by atoms with Crippen molar-refractivity contribution in [2.45, 2.75) is 20.8 Å². The third kappa shape index (κ3) is 4.79. The number of rotatable bonds is 6. The molecule has 0 fully saturated rings. The first-order valence-electron chi connectivity index (χ1n) is 7.72. The van der Waals surface area contributed by atoms with Gasteiger partial charge < -0.3 is 13.9 Å². The zero-order valence-electron chi connectivity index (χ0n) is 14.6. The Morgan fingerprint density at radius 3 is 2.63 bits per heavy atom. The third-order valence-electron chi connectivity index (χ3n) is 3.22. The van der Waals surface area contributed by atoms with Gasteiger partial charge in [0, 0.05) is 6.92 Å². The van der Waals surface area contributed by atoms with Crippen molar-refractivity contribution in [3.05, 3.63) is 49.4 Å². The van der Waals surface area contributed by atoms with Gasteiger partial charge in [0.1, 0.15) is 16.2 Å². The Labute approximate surface area is 162 Å². The molecule has 0 saturated heterocycles. The summed E-state index contributed by atoms with van der Waals surface area (Å²) in [5.74, 6) is -1.47. The van der Waals surface area contributed by atoms with E-state index in [0.29, 0.717) is 5.69 Å². The lowest BCUT2D eigenvalue weighted by atomic mass is 10.1. The van der Waals surface area contributed by atoms with Gasteiger partial charge in [0.15, 0.2) is 5.75 Å². The first-order valence-corrected chi connectivity index (χ1v) is 8.51. The predicted molar refractivity (Wildman–Crippen MR) is 98.2 cm³/mol. The number of carbonyl (C=O) groups excluding carboxylic acids is 2. The van der Waals surface area contributed by atoms with E-state index >= 15 is 0 Å². The second kappa shape index (κ2) is 8.58. The zero-order chi connectivity index (χ0) is 20.1. The summed E-state index contributed by atoms with van der Waals surface area (Å²) in [7, 11) is 0. The van der Waals surface area contributed by atoms with Crippen LogP contribution < -0.4 is 4.74 Å². The van der Waals surface area contributed by atoms with Gasteiger partial charge in [-0.25, -0.2) is 4.79 Å². The highest BCUT2D eigenvalue weighted by Gasteiger charge is 2.24. The molecule has 0 aliphatic carbocycles. The van der Waals surface area contributed by atoms with Crippen LogP contribution in [0.3, 0.4) is 0 Å². The largest absolute Gasteiger partial charge is 0.462 e. The van der Waals surface area contributed by atoms with Crippen LogP contribution in [0.15, 0.2) is 21.0 Å². The van der Waals surface area contributed by atoms with Crippen LogP contribution in [0.5, 0.6) is 5.75 Å². The number of ether oxygens (including phenoxy) is 2. The number of nitro groups is 1. The fourth-order valence-corrected chi connectivity index (χ4v) is 2.66. The number of aromatic nitrogens is 1. The monoisotopic (exact) mass is 438 g/mol. The van der Waals surface area contributed by atoms with E-state index in [0.717, 1.165) is 0 Å². The van der Waals surface area contributed by atoms with Crippen LogP contribution in [0, 0.1) is 17.0 Å². The third-order valence-corrected chi connectivity index (χ3v) is 3.99. The Kier molecular flexibility index (Phi) is 6.45. The molecule has 10 heteroatoms. The fourth-order valence-electron chi connectivity index (χ4n) is 2.16. The summed E-state index contributed by atoms with van der Waals surface area (Å²) in [6.07, 6.45) is 2.96. The van der Waals surface area contributed by atoms with E-state index < -0.39 is 22.7 Å². The molecule has 0 unspecified atom stereocenters. The predicted octanol–water partition coefficient (Wildman–Crippen LogP) is 3.93. The first-order chi connectivity index (χ1) is 12.7. The smallest absolute Gasteiger partial charge is 0.433 e. The minimum absolute atomic E-state index is 0.0153. The van der Waals surface area contributed by atoms with Crippen LogP contribution in [-0.2, 0) is 9.53 Å². The Bertz CT molecular complexity index is 934. The second-order valence-corrected chi connectivity index (χ2v) is 5.97. The van der Waals surface area contributed by atoms with Crippen molar-refractivity contribution in [2.24, 2.45) is 0 Å². The van der Waals surface area contributed by atoms with Crippen LogP contribution >= 0.6 is 15.9 Å². The standard InChI is InChI=1S/C17H15BrN2O7/c1-4-25-17(22)14-9(2)19-12(15(18)16(14)26-10(3)21)7-5-11-6-8-13(27-11)20(23)24/h5-8H,4H2,1-3H3/b7-5+. The highest BCUT2D eigenvalue weighted by molar-refractivity contribution is 9.10. The van der Waals surface area contributed by atoms with Crippen molar-refractivity contribution < 1.29 is 28.4 Å². The molecule has 2 aromatic rings. The molecule has 2 heterocycles. The molecule has 0 aromatic carbocycles. The van der Waals surface area contributed by atoms with Crippen LogP contribution in [0.4, 0.5) is 5.88 Å². The molecule has 0 atom stereocenters. The number of furan rings is 1. The van der Waals surface area contributed by atoms with Gasteiger partial charge in [-0.05, 0) is 48.0 Å². The number of halogens is 1. The first kappa shape index (κ1) is 20.3. The van der Waals surface area contributed by atoms with Crippen LogP contribution in [0.1, 0.15) is 41.4 Å². The zero-order valence-corrected chi connectivity index (χ0v) is 16.2. The van der Waals surface area contributed by atoms with E-state index in [1.807, 2.05) is 0 Å². The molecule has 0 radical (unpaired) electrons. The number of aryl methyl sites for hydroxylation is 1. The van der Waals surface area contributed by atoms with Gasteiger partial charge in [0.05, 0.1) is 28.5 Å². The van der Waals surface area contributed by atoms with Gasteiger partial charge in [0.2, 0.25) is 0 Å². The maximum atomic E-state index is 12.2. The average molecular weight is 439 g/mol. The minimum Gasteiger partial charge on any atom is -0.462 e. The minimum atomic E-state index is -0.670. The molecule has 0 amide bonds. The van der Waals surface area contributed by atoms with E-state index in [1.165, 1.54) is 31.2 Å². The van der Waals surface area contributed by atoms with Gasteiger partial charge in [-0.3, -0.25) is 19.9 Å². The molecule has 9 nitrogen and oxygen atoms in total. The van der Waals surface area contributed by atoms with Gasteiger partial charge >= 0.3 is 17.8 Å². The van der Waals surface area contributed by atoms with Crippen molar-refractivity contribution in [3.63, 3.8) is 0 Å². The fraction of sp³-hybridized carbons (Fsp3) is 0.235. The van der Waals surface area contributed by atoms with E-state index in [4.69, 9.17) is 13.9 Å². The quantitative estimate of drug-likeness (QED) is 0.377.